The van der Waals surface area contributed by atoms with Gasteiger partial charge in [0.2, 0.25) is 0 Å². The fourth-order valence-corrected chi connectivity index (χ4v) is 0. The second kappa shape index (κ2) is 8.83. The van der Waals surface area contributed by atoms with Crippen molar-refractivity contribution in [1.29, 1.82) is 0 Å². The monoisotopic (exact) mass is 450 g/mol. The molecule has 22 valence electrons. The Kier molecular flexibility index (Phi) is 20.3. The maximum absolute atomic E-state index is 9.85. The summed E-state index contributed by atoms with van der Waals surface area (Å²) in [5, 5.41) is 0. The molecule has 0 aromatic rings. The van der Waals surface area contributed by atoms with E-state index in [-0.39, 0.29) is 27.3 Å². The van der Waals surface area contributed by atoms with Crippen molar-refractivity contribution in [1.82, 2.24) is 0 Å². The predicted molar refractivity (Wildman–Crippen MR) is 16.5 cm³/mol. The molecule has 0 saturated carbocycles. The van der Waals surface area contributed by atoms with Gasteiger partial charge in [0, 0.05) is 0 Å². The van der Waals surface area contributed by atoms with Crippen LogP contribution in [0.5, 0.6) is 0 Å². The Morgan fingerprint density at radius 2 is 1.25 bits per heavy atom. The Bertz CT molecular complexity index is 4.00. The molecule has 0 rings (SSSR count). The summed E-state index contributed by atoms with van der Waals surface area (Å²) in [5.41, 5.74) is 0. The van der Waals surface area contributed by atoms with Gasteiger partial charge in [0.15, 0.2) is 0 Å². The van der Waals surface area contributed by atoms with Gasteiger partial charge in [0.1, 0.15) is 0 Å². The van der Waals surface area contributed by atoms with E-state index in [2.05, 4.69) is 0 Å². The standard InChI is InChI=1S/2FH.2Tl.2H/h2*1H;;;;/q;;;+2;;/p-2. The third-order valence-corrected chi connectivity index (χ3v) is 0. The topological polar surface area (TPSA) is 0 Å². The van der Waals surface area contributed by atoms with E-state index in [1.54, 1.807) is 0 Å². The van der Waals surface area contributed by atoms with Gasteiger partial charge in [-0.3, -0.25) is 0 Å². The molecule has 0 aliphatic heterocycles. The van der Waals surface area contributed by atoms with Crippen LogP contribution in [0.4, 0.5) is 5.02 Å². The Hall–Kier alpha value is 1.70. The molecule has 4 heteroatoms. The number of hydrogen-bond acceptors (Lipinski definition) is 0. The van der Waals surface area contributed by atoms with Gasteiger partial charge in [0.05, 0.1) is 0 Å². The Labute approximate surface area is 57.2 Å². The molecule has 0 aliphatic carbocycles. The van der Waals surface area contributed by atoms with Crippen LogP contribution >= 0.6 is 0 Å². The van der Waals surface area contributed by atoms with Crippen molar-refractivity contribution in [3.8, 4) is 0 Å². The predicted octanol–water partition coefficient (Wildman–Crippen LogP) is -0.457. The molecule has 0 spiro atoms. The van der Waals surface area contributed by atoms with Crippen LogP contribution in [0, 0.1) is 0 Å². The van der Waals surface area contributed by atoms with Crippen LogP contribution in [-0.4, -0.2) is 52.8 Å². The first-order valence-electron chi connectivity index (χ1n) is 0.535. The molecular weight excluding hydrogens is 447 g/mol. The van der Waals surface area contributed by atoms with Crippen molar-refractivity contribution in [2.75, 3.05) is 0 Å². The van der Waals surface area contributed by atoms with E-state index in [1.807, 2.05) is 0 Å². The van der Waals surface area contributed by atoms with E-state index in [0.717, 1.165) is 0 Å². The van der Waals surface area contributed by atoms with E-state index in [4.69, 9.17) is 0 Å². The van der Waals surface area contributed by atoms with Crippen LogP contribution in [0.1, 0.15) is 0 Å². The molecule has 0 amide bonds. The van der Waals surface area contributed by atoms with Gasteiger partial charge in [-0.25, -0.2) is 0 Å². The Morgan fingerprint density at radius 3 is 1.25 bits per heavy atom. The minimum atomic E-state index is -3.08. The van der Waals surface area contributed by atoms with Crippen molar-refractivity contribution in [2.24, 2.45) is 0 Å². The zero-order valence-corrected chi connectivity index (χ0v) is 13.2. The molecule has 1 radical (unpaired) electrons. The van der Waals surface area contributed by atoms with Crippen LogP contribution in [0.2, 0.25) is 0 Å². The molecule has 0 aliphatic rings. The maximum atomic E-state index is 9.85. The average Bonchev–Trinajstić information content (AvgIpc) is 0.918. The molecule has 0 bridgehead atoms. The summed E-state index contributed by atoms with van der Waals surface area (Å²) < 4.78 is 19.7. The summed E-state index contributed by atoms with van der Waals surface area (Å²) in [4.78, 5) is 0. The molecule has 0 atom stereocenters. The summed E-state index contributed by atoms with van der Waals surface area (Å²) in [6.45, 7) is 0. The van der Waals surface area contributed by atoms with Crippen molar-refractivity contribution < 1.29 is 5.02 Å². The molecule has 0 N–H and O–H groups in total. The zero-order valence-electron chi connectivity index (χ0n) is 2.17. The summed E-state index contributed by atoms with van der Waals surface area (Å²) in [5.74, 6) is 0. The molecule has 0 saturated heterocycles. The molecule has 0 heterocycles. The van der Waals surface area contributed by atoms with E-state index < -0.39 is 25.5 Å². The first-order chi connectivity index (χ1) is 1.41. The van der Waals surface area contributed by atoms with Gasteiger partial charge < -0.3 is 0 Å². The van der Waals surface area contributed by atoms with Crippen LogP contribution in [0.15, 0.2) is 0 Å². The van der Waals surface area contributed by atoms with E-state index in [9.17, 15) is 5.02 Å². The quantitative estimate of drug-likeness (QED) is 0.440. The minimum absolute atomic E-state index is 0. The van der Waals surface area contributed by atoms with Crippen molar-refractivity contribution in [3.05, 3.63) is 0 Å². The summed E-state index contributed by atoms with van der Waals surface area (Å²) in [7, 11) is 0. The van der Waals surface area contributed by atoms with Gasteiger partial charge in [0.25, 0.3) is 0 Å². The van der Waals surface area contributed by atoms with Crippen molar-refractivity contribution in [2.45, 2.75) is 0 Å². The van der Waals surface area contributed by atoms with Crippen LogP contribution in [0.25, 0.3) is 0 Å². The van der Waals surface area contributed by atoms with E-state index >= 15 is 0 Å². The van der Waals surface area contributed by atoms with Gasteiger partial charge in [-0.05, 0) is 0 Å². The molecule has 0 fully saturated rings. The van der Waals surface area contributed by atoms with Gasteiger partial charge >= 0.3 is 57.8 Å². The Morgan fingerprint density at radius 1 is 1.25 bits per heavy atom. The fraction of sp³-hybridized carbons (Fsp3) is 0. The molecule has 4 heavy (non-hydrogen) atoms. The summed E-state index contributed by atoms with van der Waals surface area (Å²) in [6.07, 6.45) is 0. The summed E-state index contributed by atoms with van der Waals surface area (Å²) in [6, 6.07) is 0. The summed E-state index contributed by atoms with van der Waals surface area (Å²) >= 11 is -3.08. The first-order valence-corrected chi connectivity index (χ1v) is 4.69. The normalized spacial score (nSPS) is 3.50. The fourth-order valence-electron chi connectivity index (χ4n) is 0. The van der Waals surface area contributed by atoms with E-state index in [1.165, 1.54) is 0 Å². The SMILES string of the molecule is [F][TlH][F].[TlH]. The zero-order chi connectivity index (χ0) is 2.71. The van der Waals surface area contributed by atoms with Crippen LogP contribution in [-0.2, 0) is 0 Å². The number of halogens is 2. The Balaban J connectivity index is 0. The van der Waals surface area contributed by atoms with Gasteiger partial charge in [-0.15, -0.1) is 0 Å². The van der Waals surface area contributed by atoms with Crippen LogP contribution < -0.4 is 0 Å². The molecule has 0 unspecified atom stereocenters. The first kappa shape index (κ1) is 9.20. The van der Waals surface area contributed by atoms with Crippen molar-refractivity contribution in [3.63, 3.8) is 0 Å². The molecule has 0 aromatic carbocycles. The molecule has 0 aromatic heterocycles. The van der Waals surface area contributed by atoms with Crippen LogP contribution in [0.3, 0.4) is 0 Å². The second-order valence-electron chi connectivity index (χ2n) is 0.101. The molecular formula is H2F2Tl2. The third-order valence-electron chi connectivity index (χ3n) is 0. The number of rotatable bonds is 0. The third kappa shape index (κ3) is 9.33. The number of hydrogen-bond donors (Lipinski definition) is 0. The molecule has 0 nitrogen and oxygen atoms in total. The average molecular weight is 449 g/mol. The van der Waals surface area contributed by atoms with Gasteiger partial charge in [-0.1, -0.05) is 0 Å². The van der Waals surface area contributed by atoms with Gasteiger partial charge in [-0.2, -0.15) is 0 Å². The van der Waals surface area contributed by atoms with Crippen molar-refractivity contribution >= 4 is 52.8 Å². The van der Waals surface area contributed by atoms with E-state index in [0.29, 0.717) is 0 Å². The second-order valence-corrected chi connectivity index (χ2v) is 0.886.